The molecule has 1 rings (SSSR count). The van der Waals surface area contributed by atoms with Crippen molar-refractivity contribution in [2.24, 2.45) is 0 Å². The molecule has 0 spiro atoms. The van der Waals surface area contributed by atoms with Gasteiger partial charge in [-0.05, 0) is 17.7 Å². The van der Waals surface area contributed by atoms with E-state index in [4.69, 9.17) is 10.8 Å². The average Bonchev–Trinajstić information content (AvgIpc) is 2.10. The van der Waals surface area contributed by atoms with Crippen LogP contribution >= 0.6 is 0 Å². The number of anilines is 1. The van der Waals surface area contributed by atoms with Gasteiger partial charge in [0.1, 0.15) is 24.1 Å². The van der Waals surface area contributed by atoms with Crippen LogP contribution in [0.1, 0.15) is 5.56 Å². The SMILES string of the molecule is Nc1c(F)cc(COCO)cc1F. The van der Waals surface area contributed by atoms with Gasteiger partial charge >= 0.3 is 0 Å². The van der Waals surface area contributed by atoms with Crippen molar-refractivity contribution >= 4 is 5.69 Å². The summed E-state index contributed by atoms with van der Waals surface area (Å²) in [7, 11) is 0. The lowest BCUT2D eigenvalue weighted by Gasteiger charge is -2.04. The molecule has 0 aliphatic carbocycles. The molecule has 0 radical (unpaired) electrons. The Hall–Kier alpha value is -1.20. The minimum absolute atomic E-state index is 0.0510. The first-order chi connectivity index (χ1) is 6.15. The summed E-state index contributed by atoms with van der Waals surface area (Å²) in [6.45, 7) is -0.543. The third-order valence-electron chi connectivity index (χ3n) is 1.50. The van der Waals surface area contributed by atoms with Crippen molar-refractivity contribution in [2.45, 2.75) is 6.61 Å². The van der Waals surface area contributed by atoms with Gasteiger partial charge < -0.3 is 15.6 Å². The van der Waals surface area contributed by atoms with Crippen LogP contribution in [0.3, 0.4) is 0 Å². The van der Waals surface area contributed by atoms with Gasteiger partial charge in [0.2, 0.25) is 0 Å². The van der Waals surface area contributed by atoms with E-state index in [1.54, 1.807) is 0 Å². The van der Waals surface area contributed by atoms with E-state index in [1.165, 1.54) is 0 Å². The number of aliphatic hydroxyl groups excluding tert-OH is 1. The molecule has 1 aromatic carbocycles. The van der Waals surface area contributed by atoms with Crippen LogP contribution in [0.25, 0.3) is 0 Å². The highest BCUT2D eigenvalue weighted by Crippen LogP contribution is 2.17. The standard InChI is InChI=1S/C8H9F2NO2/c9-6-1-5(3-13-4-12)2-7(10)8(6)11/h1-2,12H,3-4,11H2. The van der Waals surface area contributed by atoms with Crippen molar-refractivity contribution in [3.63, 3.8) is 0 Å². The van der Waals surface area contributed by atoms with E-state index in [0.29, 0.717) is 5.56 Å². The number of hydrogen-bond acceptors (Lipinski definition) is 3. The maximum atomic E-state index is 12.8. The van der Waals surface area contributed by atoms with E-state index in [1.807, 2.05) is 0 Å². The van der Waals surface area contributed by atoms with Crippen molar-refractivity contribution in [1.82, 2.24) is 0 Å². The second-order valence-corrected chi connectivity index (χ2v) is 2.45. The third kappa shape index (κ3) is 2.37. The zero-order valence-electron chi connectivity index (χ0n) is 6.76. The molecule has 0 amide bonds. The minimum Gasteiger partial charge on any atom is -0.394 e. The summed E-state index contributed by atoms with van der Waals surface area (Å²) in [4.78, 5) is 0. The number of aliphatic hydroxyl groups is 1. The lowest BCUT2D eigenvalue weighted by Crippen LogP contribution is -2.00. The van der Waals surface area contributed by atoms with Crippen molar-refractivity contribution in [2.75, 3.05) is 12.5 Å². The summed E-state index contributed by atoms with van der Waals surface area (Å²) in [5, 5.41) is 8.29. The van der Waals surface area contributed by atoms with Crippen LogP contribution in [0.4, 0.5) is 14.5 Å². The second-order valence-electron chi connectivity index (χ2n) is 2.45. The molecule has 0 bridgehead atoms. The molecule has 13 heavy (non-hydrogen) atoms. The van der Waals surface area contributed by atoms with E-state index >= 15 is 0 Å². The van der Waals surface area contributed by atoms with Crippen LogP contribution in [-0.2, 0) is 11.3 Å². The first-order valence-corrected chi connectivity index (χ1v) is 3.57. The van der Waals surface area contributed by atoms with Gasteiger partial charge in [0.05, 0.1) is 6.61 Å². The number of nitrogens with two attached hydrogens (primary N) is 1. The zero-order valence-corrected chi connectivity index (χ0v) is 6.76. The largest absolute Gasteiger partial charge is 0.394 e. The van der Waals surface area contributed by atoms with Crippen LogP contribution in [0.5, 0.6) is 0 Å². The monoisotopic (exact) mass is 189 g/mol. The van der Waals surface area contributed by atoms with Crippen LogP contribution < -0.4 is 5.73 Å². The molecule has 0 saturated carbocycles. The fourth-order valence-electron chi connectivity index (χ4n) is 0.884. The molecule has 0 atom stereocenters. The van der Waals surface area contributed by atoms with Gasteiger partial charge in [-0.15, -0.1) is 0 Å². The van der Waals surface area contributed by atoms with Crippen molar-refractivity contribution in [3.8, 4) is 0 Å². The van der Waals surface area contributed by atoms with E-state index in [-0.39, 0.29) is 6.61 Å². The number of rotatable bonds is 3. The molecule has 3 nitrogen and oxygen atoms in total. The Morgan fingerprint density at radius 1 is 1.31 bits per heavy atom. The van der Waals surface area contributed by atoms with Crippen molar-refractivity contribution in [1.29, 1.82) is 0 Å². The Kier molecular flexibility index (Phi) is 3.16. The molecule has 0 aliphatic heterocycles. The summed E-state index contributed by atoms with van der Waals surface area (Å²) in [6, 6.07) is 2.13. The maximum Gasteiger partial charge on any atom is 0.149 e. The third-order valence-corrected chi connectivity index (χ3v) is 1.50. The molecule has 1 aromatic rings. The molecule has 0 heterocycles. The highest BCUT2D eigenvalue weighted by molar-refractivity contribution is 5.42. The Bertz CT molecular complexity index is 281. The summed E-state index contributed by atoms with van der Waals surface area (Å²) < 4.78 is 30.1. The van der Waals surface area contributed by atoms with Crippen molar-refractivity contribution < 1.29 is 18.6 Å². The fraction of sp³-hybridized carbons (Fsp3) is 0.250. The number of nitrogen functional groups attached to an aromatic ring is 1. The van der Waals surface area contributed by atoms with Gasteiger partial charge in [-0.3, -0.25) is 0 Å². The molecule has 3 N–H and O–H groups in total. The topological polar surface area (TPSA) is 55.5 Å². The lowest BCUT2D eigenvalue weighted by atomic mass is 10.2. The molecule has 5 heteroatoms. The summed E-state index contributed by atoms with van der Waals surface area (Å²) >= 11 is 0. The van der Waals surface area contributed by atoms with Crippen LogP contribution in [0.2, 0.25) is 0 Å². The van der Waals surface area contributed by atoms with E-state index in [0.717, 1.165) is 12.1 Å². The molecule has 0 aromatic heterocycles. The highest BCUT2D eigenvalue weighted by atomic mass is 19.1. The average molecular weight is 189 g/mol. The van der Waals surface area contributed by atoms with Crippen LogP contribution in [-0.4, -0.2) is 11.9 Å². The molecular formula is C8H9F2NO2. The second kappa shape index (κ2) is 4.15. The Morgan fingerprint density at radius 3 is 2.31 bits per heavy atom. The normalized spacial score (nSPS) is 10.4. The quantitative estimate of drug-likeness (QED) is 0.551. The number of benzene rings is 1. The summed E-state index contributed by atoms with van der Waals surface area (Å²) in [5.74, 6) is -1.65. The molecule has 0 saturated heterocycles. The fourth-order valence-corrected chi connectivity index (χ4v) is 0.884. The van der Waals surface area contributed by atoms with Gasteiger partial charge in [-0.2, -0.15) is 0 Å². The molecule has 0 fully saturated rings. The zero-order chi connectivity index (χ0) is 9.84. The predicted octanol–water partition coefficient (Wildman–Crippen LogP) is 1.01. The molecule has 72 valence electrons. The number of ether oxygens (including phenoxy) is 1. The summed E-state index contributed by atoms with van der Waals surface area (Å²) in [6.07, 6.45) is 0. The van der Waals surface area contributed by atoms with E-state index in [2.05, 4.69) is 4.74 Å². The Balaban J connectivity index is 2.86. The van der Waals surface area contributed by atoms with Crippen molar-refractivity contribution in [3.05, 3.63) is 29.3 Å². The van der Waals surface area contributed by atoms with Gasteiger partial charge in [0.15, 0.2) is 0 Å². The van der Waals surface area contributed by atoms with Gasteiger partial charge in [0.25, 0.3) is 0 Å². The smallest absolute Gasteiger partial charge is 0.149 e. The number of hydrogen-bond donors (Lipinski definition) is 2. The lowest BCUT2D eigenvalue weighted by molar-refractivity contribution is -0.0114. The summed E-state index contributed by atoms with van der Waals surface area (Å²) in [5.41, 5.74) is 4.82. The van der Waals surface area contributed by atoms with E-state index < -0.39 is 24.1 Å². The van der Waals surface area contributed by atoms with Gasteiger partial charge in [0, 0.05) is 0 Å². The number of halogens is 2. The predicted molar refractivity (Wildman–Crippen MR) is 42.6 cm³/mol. The Morgan fingerprint density at radius 2 is 1.85 bits per heavy atom. The van der Waals surface area contributed by atoms with Gasteiger partial charge in [-0.25, -0.2) is 8.78 Å². The first-order valence-electron chi connectivity index (χ1n) is 3.57. The van der Waals surface area contributed by atoms with Gasteiger partial charge in [-0.1, -0.05) is 0 Å². The molecule has 0 unspecified atom stereocenters. The minimum atomic E-state index is -0.823. The van der Waals surface area contributed by atoms with Crippen LogP contribution in [0, 0.1) is 11.6 Å². The molecule has 0 aliphatic rings. The van der Waals surface area contributed by atoms with Crippen LogP contribution in [0.15, 0.2) is 12.1 Å². The first kappa shape index (κ1) is 9.88. The molecular weight excluding hydrogens is 180 g/mol. The Labute approximate surface area is 73.7 Å². The maximum absolute atomic E-state index is 12.8. The highest BCUT2D eigenvalue weighted by Gasteiger charge is 2.07. The van der Waals surface area contributed by atoms with E-state index in [9.17, 15) is 8.78 Å².